The lowest BCUT2D eigenvalue weighted by Crippen LogP contribution is -2.06. The molecule has 3 nitrogen and oxygen atoms in total. The lowest BCUT2D eigenvalue weighted by molar-refractivity contribution is 0.106. The van der Waals surface area contributed by atoms with Crippen LogP contribution in [0.5, 0.6) is 0 Å². The summed E-state index contributed by atoms with van der Waals surface area (Å²) in [5, 5.41) is 7.56. The maximum absolute atomic E-state index is 12.5. The lowest BCUT2D eigenvalue weighted by Gasteiger charge is -2.06. The number of hydrogen-bond acceptors (Lipinski definition) is 3. The van der Waals surface area contributed by atoms with Gasteiger partial charge in [-0.25, -0.2) is 13.8 Å². The van der Waals surface area contributed by atoms with E-state index in [0.29, 0.717) is 0 Å². The molecule has 0 radical (unpaired) electrons. The van der Waals surface area contributed by atoms with Crippen LogP contribution in [0.25, 0.3) is 0 Å². The molecule has 0 saturated heterocycles. The maximum Gasteiger partial charge on any atom is 0.281 e. The Morgan fingerprint density at radius 2 is 2.27 bits per heavy atom. The average molecular weight is 342 g/mol. The standard InChI is InChI=1S/C8H2ClF2IN2O/c9-7(15)5-3(2-13)1-4(12)14-6(5)8(10)11/h1,8H. The minimum atomic E-state index is -2.94. The van der Waals surface area contributed by atoms with Crippen LogP contribution in [-0.4, -0.2) is 10.2 Å². The number of halogens is 4. The zero-order valence-corrected chi connectivity index (χ0v) is 9.88. The van der Waals surface area contributed by atoms with Crippen LogP contribution >= 0.6 is 34.2 Å². The van der Waals surface area contributed by atoms with E-state index in [-0.39, 0.29) is 9.26 Å². The van der Waals surface area contributed by atoms with Crippen molar-refractivity contribution in [2.75, 3.05) is 0 Å². The fourth-order valence-electron chi connectivity index (χ4n) is 0.985. The molecule has 0 aliphatic carbocycles. The average Bonchev–Trinajstić information content (AvgIpc) is 2.15. The zero-order valence-electron chi connectivity index (χ0n) is 6.97. The first-order valence-electron chi connectivity index (χ1n) is 3.56. The molecule has 0 aliphatic rings. The molecule has 1 heterocycles. The number of alkyl halides is 2. The summed E-state index contributed by atoms with van der Waals surface area (Å²) < 4.78 is 25.2. The van der Waals surface area contributed by atoms with Gasteiger partial charge in [0.2, 0.25) is 0 Å². The molecular weight excluding hydrogens is 340 g/mol. The Kier molecular flexibility index (Phi) is 3.93. The van der Waals surface area contributed by atoms with Crippen LogP contribution in [0.15, 0.2) is 6.07 Å². The monoisotopic (exact) mass is 342 g/mol. The van der Waals surface area contributed by atoms with E-state index in [1.807, 2.05) is 0 Å². The molecule has 0 aliphatic heterocycles. The number of pyridine rings is 1. The summed E-state index contributed by atoms with van der Waals surface area (Å²) in [5.41, 5.74) is -1.46. The van der Waals surface area contributed by atoms with E-state index >= 15 is 0 Å². The lowest BCUT2D eigenvalue weighted by atomic mass is 10.1. The summed E-state index contributed by atoms with van der Waals surface area (Å²) in [6.45, 7) is 0. The van der Waals surface area contributed by atoms with Crippen molar-refractivity contribution < 1.29 is 13.6 Å². The van der Waals surface area contributed by atoms with E-state index < -0.39 is 22.9 Å². The molecule has 78 valence electrons. The number of aromatic nitrogens is 1. The second kappa shape index (κ2) is 4.81. The molecule has 0 atom stereocenters. The van der Waals surface area contributed by atoms with E-state index in [1.165, 1.54) is 6.07 Å². The van der Waals surface area contributed by atoms with Crippen LogP contribution in [0.3, 0.4) is 0 Å². The van der Waals surface area contributed by atoms with Gasteiger partial charge in [0.15, 0.2) is 0 Å². The van der Waals surface area contributed by atoms with Crippen LogP contribution < -0.4 is 0 Å². The topological polar surface area (TPSA) is 53.8 Å². The van der Waals surface area contributed by atoms with Gasteiger partial charge in [0.1, 0.15) is 15.5 Å². The molecule has 15 heavy (non-hydrogen) atoms. The van der Waals surface area contributed by atoms with Crippen molar-refractivity contribution in [3.05, 3.63) is 26.6 Å². The SMILES string of the molecule is N#Cc1cc(I)nc(C(F)F)c1C(=O)Cl. The molecule has 1 rings (SSSR count). The van der Waals surface area contributed by atoms with Crippen LogP contribution in [0, 0.1) is 15.0 Å². The highest BCUT2D eigenvalue weighted by Gasteiger charge is 2.23. The predicted octanol–water partition coefficient (Wildman–Crippen LogP) is 2.87. The van der Waals surface area contributed by atoms with E-state index in [1.54, 1.807) is 28.7 Å². The van der Waals surface area contributed by atoms with Crippen molar-refractivity contribution in [3.8, 4) is 6.07 Å². The number of nitriles is 1. The van der Waals surface area contributed by atoms with Crippen molar-refractivity contribution >= 4 is 39.4 Å². The highest BCUT2D eigenvalue weighted by molar-refractivity contribution is 14.1. The fourth-order valence-corrected chi connectivity index (χ4v) is 1.76. The highest BCUT2D eigenvalue weighted by Crippen LogP contribution is 2.26. The first-order chi connectivity index (χ1) is 6.97. The molecule has 1 aromatic rings. The predicted molar refractivity (Wildman–Crippen MR) is 56.8 cm³/mol. The summed E-state index contributed by atoms with van der Waals surface area (Å²) in [6, 6.07) is 2.85. The molecule has 0 amide bonds. The third-order valence-corrected chi connectivity index (χ3v) is 2.28. The molecule has 0 spiro atoms. The van der Waals surface area contributed by atoms with Crippen molar-refractivity contribution in [2.45, 2.75) is 6.43 Å². The number of carbonyl (C=O) groups excluding carboxylic acids is 1. The first-order valence-corrected chi connectivity index (χ1v) is 5.01. The van der Waals surface area contributed by atoms with Crippen LogP contribution in [0.4, 0.5) is 8.78 Å². The molecule has 0 bridgehead atoms. The minimum Gasteiger partial charge on any atom is -0.275 e. The second-order valence-electron chi connectivity index (χ2n) is 2.44. The van der Waals surface area contributed by atoms with E-state index in [0.717, 1.165) is 0 Å². The van der Waals surface area contributed by atoms with Gasteiger partial charge in [-0.15, -0.1) is 0 Å². The number of hydrogen-bond donors (Lipinski definition) is 0. The molecule has 0 fully saturated rings. The van der Waals surface area contributed by atoms with Gasteiger partial charge in [0.25, 0.3) is 11.7 Å². The minimum absolute atomic E-state index is 0.190. The van der Waals surface area contributed by atoms with Crippen LogP contribution in [0.1, 0.15) is 28.0 Å². The summed E-state index contributed by atoms with van der Waals surface area (Å²) in [5.74, 6) is 0. The van der Waals surface area contributed by atoms with Gasteiger partial charge >= 0.3 is 0 Å². The Hall–Kier alpha value is -0.810. The van der Waals surface area contributed by atoms with Crippen molar-refractivity contribution in [1.82, 2.24) is 4.98 Å². The molecule has 1 aromatic heterocycles. The summed E-state index contributed by atoms with van der Waals surface area (Å²) in [7, 11) is 0. The van der Waals surface area contributed by atoms with Crippen LogP contribution in [0.2, 0.25) is 0 Å². The Labute approximate surface area is 102 Å². The number of rotatable bonds is 2. The van der Waals surface area contributed by atoms with Crippen molar-refractivity contribution in [3.63, 3.8) is 0 Å². The normalized spacial score (nSPS) is 10.1. The molecule has 7 heteroatoms. The van der Waals surface area contributed by atoms with E-state index in [9.17, 15) is 13.6 Å². The summed E-state index contributed by atoms with van der Waals surface area (Å²) in [6.07, 6.45) is -2.94. The van der Waals surface area contributed by atoms with Gasteiger partial charge in [-0.05, 0) is 40.3 Å². The van der Waals surface area contributed by atoms with Gasteiger partial charge in [0, 0.05) is 0 Å². The van der Waals surface area contributed by atoms with Gasteiger partial charge in [0.05, 0.1) is 11.1 Å². The summed E-state index contributed by atoms with van der Waals surface area (Å²) >= 11 is 6.80. The van der Waals surface area contributed by atoms with Gasteiger partial charge < -0.3 is 0 Å². The zero-order chi connectivity index (χ0) is 11.6. The molecule has 0 aromatic carbocycles. The van der Waals surface area contributed by atoms with Crippen LogP contribution in [-0.2, 0) is 0 Å². The fraction of sp³-hybridized carbons (Fsp3) is 0.125. The molecule has 0 N–H and O–H groups in total. The quantitative estimate of drug-likeness (QED) is 0.472. The largest absolute Gasteiger partial charge is 0.281 e. The second-order valence-corrected chi connectivity index (χ2v) is 3.89. The Morgan fingerprint density at radius 1 is 1.67 bits per heavy atom. The Morgan fingerprint density at radius 3 is 2.67 bits per heavy atom. The van der Waals surface area contributed by atoms with Gasteiger partial charge in [-0.2, -0.15) is 5.26 Å². The van der Waals surface area contributed by atoms with Crippen molar-refractivity contribution in [1.29, 1.82) is 5.26 Å². The van der Waals surface area contributed by atoms with E-state index in [4.69, 9.17) is 16.9 Å². The third kappa shape index (κ3) is 2.60. The molecule has 0 unspecified atom stereocenters. The van der Waals surface area contributed by atoms with Gasteiger partial charge in [-0.3, -0.25) is 4.79 Å². The Bertz CT molecular complexity index is 459. The van der Waals surface area contributed by atoms with Crippen molar-refractivity contribution in [2.24, 2.45) is 0 Å². The first kappa shape index (κ1) is 12.3. The Balaban J connectivity index is 3.56. The summed E-state index contributed by atoms with van der Waals surface area (Å²) in [4.78, 5) is 14.4. The maximum atomic E-state index is 12.5. The van der Waals surface area contributed by atoms with Gasteiger partial charge in [-0.1, -0.05) is 0 Å². The molecular formula is C8H2ClF2IN2O. The molecule has 0 saturated carbocycles. The number of nitrogens with zero attached hydrogens (tertiary/aromatic N) is 2. The third-order valence-electron chi connectivity index (χ3n) is 1.54. The smallest absolute Gasteiger partial charge is 0.275 e. The van der Waals surface area contributed by atoms with E-state index in [2.05, 4.69) is 4.98 Å². The highest BCUT2D eigenvalue weighted by atomic mass is 127. The number of carbonyl (C=O) groups is 1.